The topological polar surface area (TPSA) is 26.3 Å². The highest BCUT2D eigenvalue weighted by atomic mass is 35.5. The maximum Gasteiger partial charge on any atom is 0.175 e. The second kappa shape index (κ2) is 5.60. The summed E-state index contributed by atoms with van der Waals surface area (Å²) in [6.07, 6.45) is 1.33. The van der Waals surface area contributed by atoms with Crippen LogP contribution in [0.1, 0.15) is 34.8 Å². The minimum absolute atomic E-state index is 0.0470. The predicted octanol–water partition coefficient (Wildman–Crippen LogP) is 5.09. The van der Waals surface area contributed by atoms with Crippen molar-refractivity contribution in [1.82, 2.24) is 0 Å². The van der Waals surface area contributed by atoms with Gasteiger partial charge in [-0.05, 0) is 30.0 Å². The van der Waals surface area contributed by atoms with Crippen LogP contribution in [-0.2, 0) is 11.8 Å². The van der Waals surface area contributed by atoms with Crippen molar-refractivity contribution in [2.75, 3.05) is 7.11 Å². The van der Waals surface area contributed by atoms with E-state index in [4.69, 9.17) is 27.9 Å². The van der Waals surface area contributed by atoms with Crippen molar-refractivity contribution in [3.05, 3.63) is 63.1 Å². The molecule has 2 nitrogen and oxygen atoms in total. The van der Waals surface area contributed by atoms with Crippen LogP contribution in [-0.4, -0.2) is 12.9 Å². The minimum atomic E-state index is -0.567. The molecule has 114 valence electrons. The summed E-state index contributed by atoms with van der Waals surface area (Å²) in [5.41, 5.74) is 1.90. The van der Waals surface area contributed by atoms with Gasteiger partial charge in [0.2, 0.25) is 0 Å². The summed E-state index contributed by atoms with van der Waals surface area (Å²) in [6.45, 7) is 2.03. The Morgan fingerprint density at radius 3 is 2.45 bits per heavy atom. The lowest BCUT2D eigenvalue weighted by atomic mass is 9.75. The minimum Gasteiger partial charge on any atom is -0.495 e. The van der Waals surface area contributed by atoms with Crippen LogP contribution in [0.5, 0.6) is 5.75 Å². The maximum absolute atomic E-state index is 13.1. The number of benzene rings is 2. The Hall–Kier alpha value is -1.51. The van der Waals surface area contributed by atoms with Crippen LogP contribution in [0.2, 0.25) is 10.0 Å². The van der Waals surface area contributed by atoms with E-state index >= 15 is 0 Å². The maximum atomic E-state index is 13.1. The Kier molecular flexibility index (Phi) is 3.92. The Balaban J connectivity index is 2.20. The number of carbonyl (C=O) groups is 1. The molecule has 1 unspecified atom stereocenters. The van der Waals surface area contributed by atoms with E-state index in [2.05, 4.69) is 0 Å². The van der Waals surface area contributed by atoms with Crippen LogP contribution in [0.3, 0.4) is 0 Å². The first kappa shape index (κ1) is 15.4. The molecule has 1 aliphatic carbocycles. The van der Waals surface area contributed by atoms with Gasteiger partial charge in [0.25, 0.3) is 0 Å². The fourth-order valence-corrected chi connectivity index (χ4v) is 3.84. The predicted molar refractivity (Wildman–Crippen MR) is 89.5 cm³/mol. The van der Waals surface area contributed by atoms with Crippen molar-refractivity contribution in [3.63, 3.8) is 0 Å². The molecule has 0 fully saturated rings. The fourth-order valence-electron chi connectivity index (χ4n) is 3.31. The smallest absolute Gasteiger partial charge is 0.175 e. The molecule has 0 saturated heterocycles. The Morgan fingerprint density at radius 2 is 1.86 bits per heavy atom. The van der Waals surface area contributed by atoms with E-state index in [-0.39, 0.29) is 5.78 Å². The van der Waals surface area contributed by atoms with E-state index in [9.17, 15) is 4.79 Å². The highest BCUT2D eigenvalue weighted by Crippen LogP contribution is 2.48. The lowest BCUT2D eigenvalue weighted by Gasteiger charge is -2.26. The van der Waals surface area contributed by atoms with Gasteiger partial charge >= 0.3 is 0 Å². The zero-order valence-electron chi connectivity index (χ0n) is 12.5. The molecule has 0 bridgehead atoms. The number of Topliss-reactive ketones (excluding diaryl/α,β-unsaturated/α-hetero) is 1. The monoisotopic (exact) mass is 334 g/mol. The third-order valence-electron chi connectivity index (χ3n) is 4.56. The molecule has 0 N–H and O–H groups in total. The van der Waals surface area contributed by atoms with Gasteiger partial charge in [0.15, 0.2) is 5.78 Å². The molecule has 0 aromatic heterocycles. The van der Waals surface area contributed by atoms with Crippen LogP contribution in [0.25, 0.3) is 0 Å². The number of methoxy groups -OCH3 is 1. The van der Waals surface area contributed by atoms with Crippen LogP contribution >= 0.6 is 23.2 Å². The molecule has 0 radical (unpaired) electrons. The lowest BCUT2D eigenvalue weighted by Crippen LogP contribution is -2.32. The molecule has 0 spiro atoms. The summed E-state index contributed by atoms with van der Waals surface area (Å²) in [5, 5.41) is 0.600. The first-order valence-corrected chi connectivity index (χ1v) is 7.96. The number of carbonyl (C=O) groups excluding carboxylic acids is 1. The van der Waals surface area contributed by atoms with Crippen molar-refractivity contribution in [2.24, 2.45) is 0 Å². The zero-order valence-corrected chi connectivity index (χ0v) is 14.0. The normalized spacial score (nSPS) is 20.1. The SMILES string of the molecule is CCC1(c2ccccc2)Cc2cc(OC)c(Cl)c(Cl)c2C1=O. The second-order valence-corrected chi connectivity index (χ2v) is 6.30. The number of hydrogen-bond donors (Lipinski definition) is 0. The van der Waals surface area contributed by atoms with Gasteiger partial charge in [-0.3, -0.25) is 4.79 Å². The van der Waals surface area contributed by atoms with Crippen molar-refractivity contribution in [3.8, 4) is 5.75 Å². The van der Waals surface area contributed by atoms with Crippen LogP contribution < -0.4 is 4.74 Å². The molecule has 1 atom stereocenters. The highest BCUT2D eigenvalue weighted by Gasteiger charge is 2.47. The fraction of sp³-hybridized carbons (Fsp3) is 0.278. The number of ether oxygens (including phenoxy) is 1. The first-order valence-electron chi connectivity index (χ1n) is 7.20. The Morgan fingerprint density at radius 1 is 1.18 bits per heavy atom. The van der Waals surface area contributed by atoms with E-state index in [0.717, 1.165) is 11.1 Å². The van der Waals surface area contributed by atoms with Crippen LogP contribution in [0.4, 0.5) is 0 Å². The number of hydrogen-bond acceptors (Lipinski definition) is 2. The summed E-state index contributed by atoms with van der Waals surface area (Å²) < 4.78 is 5.27. The van der Waals surface area contributed by atoms with Gasteiger partial charge in [0.1, 0.15) is 10.8 Å². The van der Waals surface area contributed by atoms with Gasteiger partial charge in [-0.25, -0.2) is 0 Å². The van der Waals surface area contributed by atoms with E-state index in [1.54, 1.807) is 7.11 Å². The summed E-state index contributed by atoms with van der Waals surface area (Å²) in [7, 11) is 1.55. The molecule has 1 aliphatic rings. The summed E-state index contributed by atoms with van der Waals surface area (Å²) >= 11 is 12.6. The van der Waals surface area contributed by atoms with E-state index < -0.39 is 5.41 Å². The van der Waals surface area contributed by atoms with Crippen molar-refractivity contribution in [2.45, 2.75) is 25.2 Å². The molecule has 0 saturated carbocycles. The molecule has 0 aliphatic heterocycles. The van der Waals surface area contributed by atoms with Crippen molar-refractivity contribution >= 4 is 29.0 Å². The number of ketones is 1. The molecule has 2 aromatic rings. The summed E-state index contributed by atoms with van der Waals surface area (Å²) in [5.74, 6) is 0.559. The average Bonchev–Trinajstić information content (AvgIpc) is 2.85. The van der Waals surface area contributed by atoms with Gasteiger partial charge < -0.3 is 4.74 Å². The standard InChI is InChI=1S/C18H16Cl2O2/c1-3-18(12-7-5-4-6-8-12)10-11-9-13(22-2)15(19)16(20)14(11)17(18)21/h4-9H,3,10H2,1-2H3. The average molecular weight is 335 g/mol. The summed E-state index contributed by atoms with van der Waals surface area (Å²) in [4.78, 5) is 13.1. The largest absolute Gasteiger partial charge is 0.495 e. The van der Waals surface area contributed by atoms with Gasteiger partial charge in [-0.1, -0.05) is 60.5 Å². The van der Waals surface area contributed by atoms with Crippen LogP contribution in [0.15, 0.2) is 36.4 Å². The Bertz CT molecular complexity index is 740. The molecule has 0 amide bonds. The zero-order chi connectivity index (χ0) is 15.9. The third kappa shape index (κ3) is 2.05. The van der Waals surface area contributed by atoms with Gasteiger partial charge in [0, 0.05) is 5.56 Å². The molecule has 22 heavy (non-hydrogen) atoms. The van der Waals surface area contributed by atoms with E-state index in [1.807, 2.05) is 43.3 Å². The quantitative estimate of drug-likeness (QED) is 0.781. The third-order valence-corrected chi connectivity index (χ3v) is 5.41. The van der Waals surface area contributed by atoms with Gasteiger partial charge in [-0.2, -0.15) is 0 Å². The number of halogens is 2. The van der Waals surface area contributed by atoms with Gasteiger partial charge in [-0.15, -0.1) is 0 Å². The molecule has 2 aromatic carbocycles. The summed E-state index contributed by atoms with van der Waals surface area (Å²) in [6, 6.07) is 11.7. The molecule has 4 heteroatoms. The molecular weight excluding hydrogens is 319 g/mol. The number of rotatable bonds is 3. The molecule has 3 rings (SSSR count). The van der Waals surface area contributed by atoms with Gasteiger partial charge in [0.05, 0.1) is 17.5 Å². The van der Waals surface area contributed by atoms with E-state index in [0.29, 0.717) is 34.2 Å². The van der Waals surface area contributed by atoms with Crippen LogP contribution in [0, 0.1) is 0 Å². The second-order valence-electron chi connectivity index (χ2n) is 5.55. The van der Waals surface area contributed by atoms with Crippen molar-refractivity contribution in [1.29, 1.82) is 0 Å². The Labute approximate surface area is 140 Å². The lowest BCUT2D eigenvalue weighted by molar-refractivity contribution is 0.0898. The van der Waals surface area contributed by atoms with E-state index in [1.165, 1.54) is 0 Å². The number of fused-ring (bicyclic) bond motifs is 1. The van der Waals surface area contributed by atoms with Crippen molar-refractivity contribution < 1.29 is 9.53 Å². The first-order chi connectivity index (χ1) is 10.5. The highest BCUT2D eigenvalue weighted by molar-refractivity contribution is 6.45. The molecule has 0 heterocycles. The molecular formula is C18H16Cl2O2.